The summed E-state index contributed by atoms with van der Waals surface area (Å²) in [7, 11) is 0. The van der Waals surface area contributed by atoms with Crippen molar-refractivity contribution in [3.8, 4) is 0 Å². The molecule has 1 saturated heterocycles. The maximum Gasteiger partial charge on any atom is 0.109 e. The van der Waals surface area contributed by atoms with Crippen molar-refractivity contribution < 1.29 is 4.74 Å². The van der Waals surface area contributed by atoms with E-state index in [9.17, 15) is 0 Å². The van der Waals surface area contributed by atoms with Crippen LogP contribution in [0.2, 0.25) is 0 Å². The fourth-order valence-electron chi connectivity index (χ4n) is 2.72. The highest BCUT2D eigenvalue weighted by molar-refractivity contribution is 5.05. The highest BCUT2D eigenvalue weighted by Gasteiger charge is 2.23. The van der Waals surface area contributed by atoms with Crippen LogP contribution in [0.4, 0.5) is 0 Å². The fraction of sp³-hybridized carbons (Fsp3) is 0.750. The average molecular weight is 221 g/mol. The molecule has 1 aromatic heterocycles. The van der Waals surface area contributed by atoms with Crippen LogP contribution in [0.15, 0.2) is 6.20 Å². The summed E-state index contributed by atoms with van der Waals surface area (Å²) in [4.78, 5) is 4.53. The van der Waals surface area contributed by atoms with Crippen LogP contribution >= 0.6 is 0 Å². The zero-order chi connectivity index (χ0) is 11.0. The monoisotopic (exact) mass is 221 g/mol. The van der Waals surface area contributed by atoms with Gasteiger partial charge in [0.25, 0.3) is 0 Å². The average Bonchev–Trinajstić information content (AvgIpc) is 2.85. The van der Waals surface area contributed by atoms with Crippen LogP contribution in [0, 0.1) is 6.92 Å². The van der Waals surface area contributed by atoms with Crippen LogP contribution < -0.4 is 5.32 Å². The zero-order valence-corrected chi connectivity index (χ0v) is 9.78. The van der Waals surface area contributed by atoms with Crippen LogP contribution in [-0.4, -0.2) is 34.8 Å². The van der Waals surface area contributed by atoms with Gasteiger partial charge in [0.05, 0.1) is 12.3 Å². The number of imidazole rings is 1. The van der Waals surface area contributed by atoms with Crippen molar-refractivity contribution in [2.45, 2.75) is 44.8 Å². The van der Waals surface area contributed by atoms with E-state index in [-0.39, 0.29) is 0 Å². The van der Waals surface area contributed by atoms with E-state index in [0.717, 1.165) is 38.3 Å². The third kappa shape index (κ3) is 1.99. The Hall–Kier alpha value is -0.870. The van der Waals surface area contributed by atoms with E-state index in [4.69, 9.17) is 4.74 Å². The highest BCUT2D eigenvalue weighted by Crippen LogP contribution is 2.16. The summed E-state index contributed by atoms with van der Waals surface area (Å²) >= 11 is 0. The van der Waals surface area contributed by atoms with Gasteiger partial charge in [0.1, 0.15) is 5.82 Å². The zero-order valence-electron chi connectivity index (χ0n) is 9.78. The van der Waals surface area contributed by atoms with E-state index >= 15 is 0 Å². The number of aromatic nitrogens is 2. The first-order valence-electron chi connectivity index (χ1n) is 6.18. The van der Waals surface area contributed by atoms with Gasteiger partial charge in [0.15, 0.2) is 0 Å². The van der Waals surface area contributed by atoms with Gasteiger partial charge >= 0.3 is 0 Å². The molecule has 1 fully saturated rings. The maximum absolute atomic E-state index is 5.39. The van der Waals surface area contributed by atoms with Gasteiger partial charge in [-0.1, -0.05) is 0 Å². The first kappa shape index (κ1) is 10.3. The molecular weight excluding hydrogens is 202 g/mol. The van der Waals surface area contributed by atoms with E-state index in [1.54, 1.807) is 0 Å². The second-order valence-corrected chi connectivity index (χ2v) is 4.91. The Labute approximate surface area is 96.0 Å². The van der Waals surface area contributed by atoms with Crippen LogP contribution in [-0.2, 0) is 17.7 Å². The fourth-order valence-corrected chi connectivity index (χ4v) is 2.72. The minimum Gasteiger partial charge on any atom is -0.380 e. The molecule has 0 radical (unpaired) electrons. The number of nitrogens with zero attached hydrogens (tertiary/aromatic N) is 2. The van der Waals surface area contributed by atoms with Crippen molar-refractivity contribution >= 4 is 0 Å². The summed E-state index contributed by atoms with van der Waals surface area (Å²) in [6.07, 6.45) is 5.62. The Morgan fingerprint density at radius 2 is 2.38 bits per heavy atom. The van der Waals surface area contributed by atoms with Crippen LogP contribution in [0.5, 0.6) is 0 Å². The van der Waals surface area contributed by atoms with Gasteiger partial charge in [0.2, 0.25) is 0 Å². The Morgan fingerprint density at radius 3 is 3.19 bits per heavy atom. The molecule has 88 valence electrons. The topological polar surface area (TPSA) is 39.1 Å². The van der Waals surface area contributed by atoms with Gasteiger partial charge in [-0.05, 0) is 19.8 Å². The maximum atomic E-state index is 5.39. The molecule has 1 aromatic rings. The Morgan fingerprint density at radius 1 is 1.44 bits per heavy atom. The lowest BCUT2D eigenvalue weighted by Crippen LogP contribution is -2.43. The minimum absolute atomic E-state index is 0.566. The van der Waals surface area contributed by atoms with Gasteiger partial charge in [-0.25, -0.2) is 4.98 Å². The molecule has 1 N–H and O–H groups in total. The van der Waals surface area contributed by atoms with E-state index in [0.29, 0.717) is 12.1 Å². The smallest absolute Gasteiger partial charge is 0.109 e. The van der Waals surface area contributed by atoms with Gasteiger partial charge in [-0.2, -0.15) is 0 Å². The van der Waals surface area contributed by atoms with Crippen molar-refractivity contribution in [3.05, 3.63) is 17.7 Å². The summed E-state index contributed by atoms with van der Waals surface area (Å²) in [5.41, 5.74) is 1.14. The number of rotatable bonds is 2. The highest BCUT2D eigenvalue weighted by atomic mass is 16.5. The molecular formula is C12H19N3O. The quantitative estimate of drug-likeness (QED) is 0.806. The molecule has 2 atom stereocenters. The molecule has 0 aromatic carbocycles. The number of aryl methyl sites for hydroxylation is 2. The molecule has 4 nitrogen and oxygen atoms in total. The summed E-state index contributed by atoms with van der Waals surface area (Å²) in [6, 6.07) is 1.16. The van der Waals surface area contributed by atoms with Gasteiger partial charge in [-0.15, -0.1) is 0 Å². The molecule has 2 aliphatic rings. The molecule has 2 aliphatic heterocycles. The van der Waals surface area contributed by atoms with E-state index in [1.807, 2.05) is 0 Å². The molecule has 0 spiro atoms. The minimum atomic E-state index is 0.566. The lowest BCUT2D eigenvalue weighted by molar-refractivity contribution is 0.186. The summed E-state index contributed by atoms with van der Waals surface area (Å²) in [6.45, 7) is 4.93. The van der Waals surface area contributed by atoms with Crippen molar-refractivity contribution in [1.82, 2.24) is 14.9 Å². The summed E-state index contributed by atoms with van der Waals surface area (Å²) < 4.78 is 7.69. The second kappa shape index (κ2) is 4.18. The Balaban J connectivity index is 1.63. The molecule has 2 unspecified atom stereocenters. The predicted octanol–water partition coefficient (Wildman–Crippen LogP) is 0.885. The number of hydrogen-bond acceptors (Lipinski definition) is 3. The Kier molecular flexibility index (Phi) is 2.69. The number of hydrogen-bond donors (Lipinski definition) is 1. The van der Waals surface area contributed by atoms with Crippen LogP contribution in [0.25, 0.3) is 0 Å². The number of fused-ring (bicyclic) bond motifs is 1. The van der Waals surface area contributed by atoms with Gasteiger partial charge in [0, 0.05) is 37.9 Å². The van der Waals surface area contributed by atoms with E-state index in [2.05, 4.69) is 28.0 Å². The van der Waals surface area contributed by atoms with Crippen molar-refractivity contribution in [2.24, 2.45) is 0 Å². The molecule has 3 rings (SSSR count). The Bertz CT molecular complexity index is 368. The first-order chi connectivity index (χ1) is 7.81. The normalized spacial score (nSPS) is 29.3. The van der Waals surface area contributed by atoms with Gasteiger partial charge in [-0.3, -0.25) is 0 Å². The molecule has 4 heteroatoms. The predicted molar refractivity (Wildman–Crippen MR) is 61.4 cm³/mol. The lowest BCUT2D eigenvalue weighted by atomic mass is 10.1. The van der Waals surface area contributed by atoms with E-state index < -0.39 is 0 Å². The molecule has 0 bridgehead atoms. The summed E-state index contributed by atoms with van der Waals surface area (Å²) in [5.74, 6) is 1.25. The molecule has 16 heavy (non-hydrogen) atoms. The van der Waals surface area contributed by atoms with E-state index in [1.165, 1.54) is 12.2 Å². The van der Waals surface area contributed by atoms with Crippen LogP contribution in [0.1, 0.15) is 24.4 Å². The number of ether oxygens (including phenoxy) is 1. The van der Waals surface area contributed by atoms with Crippen molar-refractivity contribution in [3.63, 3.8) is 0 Å². The van der Waals surface area contributed by atoms with Crippen molar-refractivity contribution in [1.29, 1.82) is 0 Å². The van der Waals surface area contributed by atoms with Crippen molar-refractivity contribution in [2.75, 3.05) is 13.2 Å². The van der Waals surface area contributed by atoms with Crippen LogP contribution in [0.3, 0.4) is 0 Å². The lowest BCUT2D eigenvalue weighted by Gasteiger charge is -2.27. The third-order valence-corrected chi connectivity index (χ3v) is 3.51. The summed E-state index contributed by atoms with van der Waals surface area (Å²) in [5, 5.41) is 3.69. The van der Waals surface area contributed by atoms with Gasteiger partial charge < -0.3 is 14.6 Å². The molecule has 3 heterocycles. The molecule has 0 saturated carbocycles. The largest absolute Gasteiger partial charge is 0.380 e. The first-order valence-corrected chi connectivity index (χ1v) is 6.18. The second-order valence-electron chi connectivity index (χ2n) is 4.91. The standard InChI is InChI=1S/C12H19N3O/c1-9-6-15-7-10(2-3-12(15)13-9)14-11-4-5-16-8-11/h6,10-11,14H,2-5,7-8H2,1H3. The SMILES string of the molecule is Cc1cn2c(n1)CCC(NC1CCOC1)C2. The molecule has 0 aliphatic carbocycles. The molecule has 0 amide bonds. The number of nitrogens with one attached hydrogen (secondary N) is 1. The third-order valence-electron chi connectivity index (χ3n) is 3.51.